The van der Waals surface area contributed by atoms with E-state index in [4.69, 9.17) is 0 Å². The summed E-state index contributed by atoms with van der Waals surface area (Å²) in [6.45, 7) is 3.29. The zero-order valence-corrected chi connectivity index (χ0v) is 12.4. The van der Waals surface area contributed by atoms with Crippen LogP contribution in [0.25, 0.3) is 0 Å². The molecule has 6 nitrogen and oxygen atoms in total. The fraction of sp³-hybridized carbons (Fsp3) is 0.533. The number of carboxylic acid groups (broad SMARTS) is 1. The number of nitrogens with zero attached hydrogens (tertiary/aromatic N) is 2. The van der Waals surface area contributed by atoms with Crippen LogP contribution in [0.2, 0.25) is 0 Å². The number of carbonyl (C=O) groups is 2. The minimum atomic E-state index is -0.703. The summed E-state index contributed by atoms with van der Waals surface area (Å²) in [5.74, 6) is -0.923. The first-order valence-corrected chi connectivity index (χ1v) is 7.19. The predicted octanol–water partition coefficient (Wildman–Crippen LogP) is 1.52. The lowest BCUT2D eigenvalue weighted by Crippen LogP contribution is -2.44. The normalized spacial score (nSPS) is 17.3. The molecule has 1 aromatic rings. The third-order valence-corrected chi connectivity index (χ3v) is 4.42. The van der Waals surface area contributed by atoms with E-state index < -0.39 is 11.4 Å². The molecule has 114 valence electrons. The summed E-state index contributed by atoms with van der Waals surface area (Å²) in [6.07, 6.45) is 3.50. The molecule has 21 heavy (non-hydrogen) atoms. The van der Waals surface area contributed by atoms with E-state index >= 15 is 0 Å². The Bertz CT molecular complexity index is 537. The molecule has 6 heteroatoms. The molecule has 1 fully saturated rings. The van der Waals surface area contributed by atoms with E-state index in [9.17, 15) is 14.7 Å². The topological polar surface area (TPSA) is 82.5 Å². The van der Waals surface area contributed by atoms with E-state index in [0.717, 1.165) is 5.69 Å². The average Bonchev–Trinajstić information content (AvgIpc) is 2.54. The van der Waals surface area contributed by atoms with Crippen molar-refractivity contribution in [1.82, 2.24) is 10.3 Å². The van der Waals surface area contributed by atoms with E-state index in [1.54, 1.807) is 19.3 Å². The smallest absolute Gasteiger partial charge is 0.309 e. The lowest BCUT2D eigenvalue weighted by Gasteiger charge is -2.39. The zero-order chi connectivity index (χ0) is 15.5. The number of amides is 1. The molecule has 0 aromatic carbocycles. The zero-order valence-electron chi connectivity index (χ0n) is 12.4. The van der Waals surface area contributed by atoms with E-state index in [1.807, 2.05) is 13.0 Å². The van der Waals surface area contributed by atoms with Crippen LogP contribution in [0, 0.1) is 5.41 Å². The van der Waals surface area contributed by atoms with Gasteiger partial charge in [-0.05, 0) is 31.4 Å². The average molecular weight is 291 g/mol. The summed E-state index contributed by atoms with van der Waals surface area (Å²) in [5.41, 5.74) is 0.687. The summed E-state index contributed by atoms with van der Waals surface area (Å²) in [7, 11) is 1.57. The monoisotopic (exact) mass is 291 g/mol. The van der Waals surface area contributed by atoms with Crippen LogP contribution in [-0.2, 0) is 4.79 Å². The second kappa shape index (κ2) is 6.11. The van der Waals surface area contributed by atoms with Gasteiger partial charge in [0.2, 0.25) is 0 Å². The highest BCUT2D eigenvalue weighted by molar-refractivity contribution is 5.92. The fourth-order valence-electron chi connectivity index (χ4n) is 2.78. The van der Waals surface area contributed by atoms with Crippen molar-refractivity contribution in [3.8, 4) is 0 Å². The van der Waals surface area contributed by atoms with E-state index in [2.05, 4.69) is 15.2 Å². The number of aromatic nitrogens is 1. The highest BCUT2D eigenvalue weighted by Gasteiger charge is 2.39. The van der Waals surface area contributed by atoms with Gasteiger partial charge in [0.25, 0.3) is 5.91 Å². The number of carboxylic acids is 1. The van der Waals surface area contributed by atoms with Crippen molar-refractivity contribution in [2.75, 3.05) is 25.0 Å². The molecule has 0 saturated carbocycles. The van der Waals surface area contributed by atoms with Gasteiger partial charge >= 0.3 is 5.97 Å². The lowest BCUT2D eigenvalue weighted by molar-refractivity contribution is -0.150. The Labute approximate surface area is 124 Å². The van der Waals surface area contributed by atoms with E-state index in [0.29, 0.717) is 38.0 Å². The minimum Gasteiger partial charge on any atom is -0.481 e. The van der Waals surface area contributed by atoms with Gasteiger partial charge in [0, 0.05) is 32.0 Å². The molecule has 2 rings (SSSR count). The number of nitrogens with one attached hydrogen (secondary N) is 1. The quantitative estimate of drug-likeness (QED) is 0.879. The van der Waals surface area contributed by atoms with Crippen LogP contribution in [0.4, 0.5) is 5.69 Å². The van der Waals surface area contributed by atoms with Gasteiger partial charge in [-0.1, -0.05) is 6.92 Å². The third-order valence-electron chi connectivity index (χ3n) is 4.42. The number of carbonyl (C=O) groups excluding carboxylic acids is 1. The summed E-state index contributed by atoms with van der Waals surface area (Å²) < 4.78 is 0. The van der Waals surface area contributed by atoms with Crippen molar-refractivity contribution < 1.29 is 14.7 Å². The maximum absolute atomic E-state index is 11.6. The molecule has 1 saturated heterocycles. The molecule has 2 N–H and O–H groups in total. The van der Waals surface area contributed by atoms with Crippen LogP contribution in [0.1, 0.15) is 36.7 Å². The Hall–Kier alpha value is -2.11. The van der Waals surface area contributed by atoms with Gasteiger partial charge in [-0.3, -0.25) is 14.6 Å². The van der Waals surface area contributed by atoms with Crippen molar-refractivity contribution in [2.24, 2.45) is 5.41 Å². The predicted molar refractivity (Wildman–Crippen MR) is 79.4 cm³/mol. The van der Waals surface area contributed by atoms with Gasteiger partial charge in [0.15, 0.2) is 0 Å². The van der Waals surface area contributed by atoms with Gasteiger partial charge in [-0.25, -0.2) is 0 Å². The molecular formula is C15H21N3O3. The second-order valence-electron chi connectivity index (χ2n) is 5.40. The van der Waals surface area contributed by atoms with Gasteiger partial charge < -0.3 is 15.3 Å². The van der Waals surface area contributed by atoms with Gasteiger partial charge in [0.05, 0.1) is 5.41 Å². The Kier molecular flexibility index (Phi) is 4.45. The summed E-state index contributed by atoms with van der Waals surface area (Å²) in [4.78, 5) is 29.2. The van der Waals surface area contributed by atoms with Gasteiger partial charge in [-0.2, -0.15) is 0 Å². The molecule has 0 bridgehead atoms. The number of anilines is 1. The molecule has 0 aliphatic carbocycles. The molecule has 2 heterocycles. The fourth-order valence-corrected chi connectivity index (χ4v) is 2.78. The summed E-state index contributed by atoms with van der Waals surface area (Å²) >= 11 is 0. The van der Waals surface area contributed by atoms with Crippen molar-refractivity contribution >= 4 is 17.6 Å². The van der Waals surface area contributed by atoms with Crippen molar-refractivity contribution in [3.05, 3.63) is 24.0 Å². The molecule has 0 spiro atoms. The maximum atomic E-state index is 11.6. The van der Waals surface area contributed by atoms with Crippen LogP contribution >= 0.6 is 0 Å². The van der Waals surface area contributed by atoms with Crippen molar-refractivity contribution in [2.45, 2.75) is 26.2 Å². The largest absolute Gasteiger partial charge is 0.481 e. The highest BCUT2D eigenvalue weighted by atomic mass is 16.4. The standard InChI is InChI=1S/C15H21N3O3/c1-3-15(14(20)21)5-8-18(9-6-15)11-4-7-17-12(10-11)13(19)16-2/h4,7,10H,3,5-6,8-9H2,1-2H3,(H,16,19)(H,20,21). The number of hydrogen-bond donors (Lipinski definition) is 2. The van der Waals surface area contributed by atoms with E-state index in [-0.39, 0.29) is 5.91 Å². The minimum absolute atomic E-state index is 0.220. The van der Waals surface area contributed by atoms with Crippen molar-refractivity contribution in [1.29, 1.82) is 0 Å². The Morgan fingerprint density at radius 3 is 2.62 bits per heavy atom. The number of aliphatic carboxylic acids is 1. The first kappa shape index (κ1) is 15.3. The second-order valence-corrected chi connectivity index (χ2v) is 5.40. The van der Waals surface area contributed by atoms with Crippen LogP contribution in [0.3, 0.4) is 0 Å². The summed E-state index contributed by atoms with van der Waals surface area (Å²) in [6, 6.07) is 3.60. The molecule has 1 amide bonds. The molecule has 1 aliphatic rings. The molecule has 1 aliphatic heterocycles. The lowest BCUT2D eigenvalue weighted by atomic mass is 9.76. The molecule has 0 atom stereocenters. The molecule has 1 aromatic heterocycles. The number of rotatable bonds is 4. The first-order chi connectivity index (χ1) is 10.0. The number of piperidine rings is 1. The Balaban J connectivity index is 2.12. The van der Waals surface area contributed by atoms with Crippen molar-refractivity contribution in [3.63, 3.8) is 0 Å². The molecule has 0 unspecified atom stereocenters. The van der Waals surface area contributed by atoms with Gasteiger partial charge in [-0.15, -0.1) is 0 Å². The van der Waals surface area contributed by atoms with Crippen LogP contribution < -0.4 is 10.2 Å². The van der Waals surface area contributed by atoms with E-state index in [1.165, 1.54) is 0 Å². The number of hydrogen-bond acceptors (Lipinski definition) is 4. The Morgan fingerprint density at radius 2 is 2.10 bits per heavy atom. The van der Waals surface area contributed by atoms with Gasteiger partial charge in [0.1, 0.15) is 5.69 Å². The molecule has 0 radical (unpaired) electrons. The SMILES string of the molecule is CCC1(C(=O)O)CCN(c2ccnc(C(=O)NC)c2)CC1. The molecular weight excluding hydrogens is 270 g/mol. The third kappa shape index (κ3) is 2.99. The van der Waals surface area contributed by atoms with Crippen LogP contribution in [0.5, 0.6) is 0 Å². The summed E-state index contributed by atoms with van der Waals surface area (Å²) in [5, 5.41) is 12.0. The Morgan fingerprint density at radius 1 is 1.43 bits per heavy atom. The first-order valence-electron chi connectivity index (χ1n) is 7.19. The number of pyridine rings is 1. The highest BCUT2D eigenvalue weighted by Crippen LogP contribution is 2.36. The van der Waals surface area contributed by atoms with Crippen LogP contribution in [-0.4, -0.2) is 42.1 Å². The maximum Gasteiger partial charge on any atom is 0.309 e. The van der Waals surface area contributed by atoms with Crippen LogP contribution in [0.15, 0.2) is 18.3 Å².